The van der Waals surface area contributed by atoms with Gasteiger partial charge in [0.05, 0.1) is 0 Å². The minimum atomic E-state index is 0.669. The Morgan fingerprint density at radius 3 is 2.31 bits per heavy atom. The zero-order chi connectivity index (χ0) is 11.8. The van der Waals surface area contributed by atoms with Gasteiger partial charge in [0.25, 0.3) is 0 Å². The summed E-state index contributed by atoms with van der Waals surface area (Å²) in [7, 11) is 0. The van der Waals surface area contributed by atoms with Gasteiger partial charge in [0.15, 0.2) is 0 Å². The highest BCUT2D eigenvalue weighted by atomic mass is 32.2. The molecule has 0 bridgehead atoms. The fourth-order valence-corrected chi connectivity index (χ4v) is 2.53. The summed E-state index contributed by atoms with van der Waals surface area (Å²) in [6.45, 7) is 8.33. The Hall–Kier alpha value is -0.430. The summed E-state index contributed by atoms with van der Waals surface area (Å²) in [4.78, 5) is 1.39. The van der Waals surface area contributed by atoms with Crippen molar-refractivity contribution in [2.24, 2.45) is 0 Å². The molecule has 16 heavy (non-hydrogen) atoms. The van der Waals surface area contributed by atoms with E-state index >= 15 is 0 Å². The lowest BCUT2D eigenvalue weighted by Gasteiger charge is -2.06. The molecule has 0 saturated carbocycles. The second-order valence-corrected chi connectivity index (χ2v) is 6.12. The highest BCUT2D eigenvalue weighted by molar-refractivity contribution is 7.99. The van der Waals surface area contributed by atoms with E-state index < -0.39 is 0 Å². The van der Waals surface area contributed by atoms with Crippen LogP contribution >= 0.6 is 11.8 Å². The van der Waals surface area contributed by atoms with E-state index in [-0.39, 0.29) is 0 Å². The van der Waals surface area contributed by atoms with Crippen molar-refractivity contribution in [2.75, 3.05) is 0 Å². The Balaban J connectivity index is 2.33. The van der Waals surface area contributed by atoms with Gasteiger partial charge in [-0.2, -0.15) is 0 Å². The van der Waals surface area contributed by atoms with E-state index in [9.17, 15) is 0 Å². The maximum atomic E-state index is 3.87. The molecule has 0 N–H and O–H groups in total. The first-order valence-corrected chi connectivity index (χ1v) is 7.15. The third-order valence-corrected chi connectivity index (χ3v) is 3.53. The monoisotopic (exact) mass is 235 g/mol. The molecule has 0 heterocycles. The SMILES string of the molecule is [CH2]CCCCCc1ccc(SC(C)C)cc1. The Labute approximate surface area is 105 Å². The van der Waals surface area contributed by atoms with Crippen LogP contribution in [-0.2, 0) is 6.42 Å². The van der Waals surface area contributed by atoms with E-state index in [1.807, 2.05) is 11.8 Å². The summed E-state index contributed by atoms with van der Waals surface area (Å²) in [5, 5.41) is 0.669. The van der Waals surface area contributed by atoms with Crippen LogP contribution in [0.25, 0.3) is 0 Å². The number of rotatable bonds is 7. The molecule has 0 amide bonds. The Morgan fingerprint density at radius 2 is 1.75 bits per heavy atom. The fraction of sp³-hybridized carbons (Fsp3) is 0.533. The van der Waals surface area contributed by atoms with Gasteiger partial charge in [-0.3, -0.25) is 0 Å². The molecule has 0 aromatic heterocycles. The van der Waals surface area contributed by atoms with Crippen molar-refractivity contribution in [1.82, 2.24) is 0 Å². The summed E-state index contributed by atoms with van der Waals surface area (Å²) < 4.78 is 0. The van der Waals surface area contributed by atoms with Crippen LogP contribution in [0.5, 0.6) is 0 Å². The molecule has 1 radical (unpaired) electrons. The lowest BCUT2D eigenvalue weighted by atomic mass is 10.1. The average Bonchev–Trinajstić information content (AvgIpc) is 2.26. The quantitative estimate of drug-likeness (QED) is 0.466. The van der Waals surface area contributed by atoms with Gasteiger partial charge < -0.3 is 0 Å². The van der Waals surface area contributed by atoms with Crippen molar-refractivity contribution in [3.63, 3.8) is 0 Å². The lowest BCUT2D eigenvalue weighted by molar-refractivity contribution is 0.685. The Kier molecular flexibility index (Phi) is 6.63. The number of thioether (sulfide) groups is 1. The predicted octanol–water partition coefficient (Wildman–Crippen LogP) is 5.12. The number of hydrogen-bond acceptors (Lipinski definition) is 1. The largest absolute Gasteiger partial charge is 0.123 e. The van der Waals surface area contributed by atoms with Crippen molar-refractivity contribution < 1.29 is 0 Å². The van der Waals surface area contributed by atoms with Gasteiger partial charge in [-0.25, -0.2) is 0 Å². The van der Waals surface area contributed by atoms with Gasteiger partial charge in [-0.1, -0.05) is 52.2 Å². The van der Waals surface area contributed by atoms with Crippen molar-refractivity contribution in [1.29, 1.82) is 0 Å². The maximum absolute atomic E-state index is 3.87. The molecule has 0 unspecified atom stereocenters. The van der Waals surface area contributed by atoms with Crippen LogP contribution in [0.3, 0.4) is 0 Å². The minimum absolute atomic E-state index is 0.669. The molecule has 0 aliphatic heterocycles. The van der Waals surface area contributed by atoms with Crippen LogP contribution in [0.15, 0.2) is 29.2 Å². The molecule has 0 aliphatic rings. The number of benzene rings is 1. The molecule has 0 fully saturated rings. The second kappa shape index (κ2) is 7.78. The van der Waals surface area contributed by atoms with Gasteiger partial charge in [-0.15, -0.1) is 11.8 Å². The predicted molar refractivity (Wildman–Crippen MR) is 75.0 cm³/mol. The normalized spacial score (nSPS) is 11.0. The van der Waals surface area contributed by atoms with Gasteiger partial charge in [0.2, 0.25) is 0 Å². The minimum Gasteiger partial charge on any atom is -0.123 e. The van der Waals surface area contributed by atoms with Gasteiger partial charge in [0.1, 0.15) is 0 Å². The molecular formula is C15H23S. The van der Waals surface area contributed by atoms with Crippen molar-refractivity contribution in [3.8, 4) is 0 Å². The van der Waals surface area contributed by atoms with E-state index in [0.717, 1.165) is 6.42 Å². The highest BCUT2D eigenvalue weighted by Gasteiger charge is 1.98. The van der Waals surface area contributed by atoms with Crippen molar-refractivity contribution >= 4 is 11.8 Å². The van der Waals surface area contributed by atoms with Gasteiger partial charge in [-0.05, 0) is 30.5 Å². The number of hydrogen-bond donors (Lipinski definition) is 0. The fourth-order valence-electron chi connectivity index (χ4n) is 1.69. The summed E-state index contributed by atoms with van der Waals surface area (Å²) in [6.07, 6.45) is 6.16. The van der Waals surface area contributed by atoms with Gasteiger partial charge >= 0.3 is 0 Å². The third-order valence-electron chi connectivity index (χ3n) is 2.51. The lowest BCUT2D eigenvalue weighted by Crippen LogP contribution is -1.88. The molecule has 0 nitrogen and oxygen atoms in total. The van der Waals surface area contributed by atoms with E-state index in [1.165, 1.54) is 36.1 Å². The summed E-state index contributed by atoms with van der Waals surface area (Å²) >= 11 is 1.93. The van der Waals surface area contributed by atoms with E-state index in [0.29, 0.717) is 5.25 Å². The Bertz CT molecular complexity index is 274. The van der Waals surface area contributed by atoms with Crippen LogP contribution in [0.4, 0.5) is 0 Å². The van der Waals surface area contributed by atoms with E-state index in [2.05, 4.69) is 45.0 Å². The topological polar surface area (TPSA) is 0 Å². The van der Waals surface area contributed by atoms with Crippen LogP contribution in [0, 0.1) is 6.92 Å². The van der Waals surface area contributed by atoms with Gasteiger partial charge in [0, 0.05) is 10.1 Å². The van der Waals surface area contributed by atoms with E-state index in [1.54, 1.807) is 0 Å². The van der Waals surface area contributed by atoms with E-state index in [4.69, 9.17) is 0 Å². The molecule has 0 spiro atoms. The molecule has 89 valence electrons. The molecule has 0 atom stereocenters. The molecule has 1 aromatic rings. The van der Waals surface area contributed by atoms with Crippen molar-refractivity contribution in [2.45, 2.75) is 56.1 Å². The molecule has 1 heteroatoms. The van der Waals surface area contributed by atoms with Crippen LogP contribution in [0.2, 0.25) is 0 Å². The smallest absolute Gasteiger partial charge is 0.00747 e. The van der Waals surface area contributed by atoms with Crippen LogP contribution in [-0.4, -0.2) is 5.25 Å². The summed E-state index contributed by atoms with van der Waals surface area (Å²) in [6, 6.07) is 9.05. The molecule has 0 saturated heterocycles. The molecule has 1 aromatic carbocycles. The first kappa shape index (κ1) is 13.6. The Morgan fingerprint density at radius 1 is 1.06 bits per heavy atom. The molecular weight excluding hydrogens is 212 g/mol. The number of unbranched alkanes of at least 4 members (excludes halogenated alkanes) is 3. The highest BCUT2D eigenvalue weighted by Crippen LogP contribution is 2.23. The second-order valence-electron chi connectivity index (χ2n) is 4.47. The van der Waals surface area contributed by atoms with Crippen LogP contribution < -0.4 is 0 Å². The average molecular weight is 235 g/mol. The standard InChI is InChI=1S/C15H23S/c1-4-5-6-7-8-14-9-11-15(12-10-14)16-13(2)3/h9-13H,1,4-8H2,2-3H3. The zero-order valence-electron chi connectivity index (χ0n) is 10.5. The first-order chi connectivity index (χ1) is 7.72. The summed E-state index contributed by atoms with van der Waals surface area (Å²) in [5.41, 5.74) is 1.47. The summed E-state index contributed by atoms with van der Waals surface area (Å²) in [5.74, 6) is 0. The van der Waals surface area contributed by atoms with Crippen LogP contribution in [0.1, 0.15) is 45.1 Å². The first-order valence-electron chi connectivity index (χ1n) is 6.27. The zero-order valence-corrected chi connectivity index (χ0v) is 11.4. The number of aryl methyl sites for hydroxylation is 1. The molecule has 0 aliphatic carbocycles. The molecule has 1 rings (SSSR count). The van der Waals surface area contributed by atoms with Crippen molar-refractivity contribution in [3.05, 3.63) is 36.8 Å². The third kappa shape index (κ3) is 5.60. The maximum Gasteiger partial charge on any atom is 0.00747 e.